The van der Waals surface area contributed by atoms with Crippen molar-refractivity contribution in [1.82, 2.24) is 4.90 Å². The van der Waals surface area contributed by atoms with Crippen molar-refractivity contribution in [2.45, 2.75) is 38.3 Å². The van der Waals surface area contributed by atoms with Gasteiger partial charge in [-0.05, 0) is 31.4 Å². The smallest absolute Gasteiger partial charge is 0.128 e. The highest BCUT2D eigenvalue weighted by Gasteiger charge is 2.25. The van der Waals surface area contributed by atoms with Crippen LogP contribution in [0.3, 0.4) is 0 Å². The number of rotatable bonds is 6. The van der Waals surface area contributed by atoms with Crippen LogP contribution in [0.1, 0.15) is 36.8 Å². The molecular formula is C17H22FNO2. The van der Waals surface area contributed by atoms with Crippen molar-refractivity contribution in [2.24, 2.45) is 0 Å². The van der Waals surface area contributed by atoms with Crippen molar-refractivity contribution >= 4 is 0 Å². The summed E-state index contributed by atoms with van der Waals surface area (Å²) in [6.45, 7) is 1.32. The van der Waals surface area contributed by atoms with Gasteiger partial charge in [-0.25, -0.2) is 4.39 Å². The van der Waals surface area contributed by atoms with E-state index in [4.69, 9.17) is 10.2 Å². The predicted molar refractivity (Wildman–Crippen MR) is 80.1 cm³/mol. The topological polar surface area (TPSA) is 43.7 Å². The molecule has 0 spiro atoms. The van der Waals surface area contributed by atoms with Crippen LogP contribution in [-0.4, -0.2) is 40.9 Å². The number of benzene rings is 1. The van der Waals surface area contributed by atoms with E-state index in [0.29, 0.717) is 23.7 Å². The van der Waals surface area contributed by atoms with E-state index in [-0.39, 0.29) is 19.0 Å². The molecule has 0 atom stereocenters. The summed E-state index contributed by atoms with van der Waals surface area (Å²) in [5.41, 5.74) is 1.24. The molecule has 1 aliphatic carbocycles. The molecule has 0 bridgehead atoms. The molecule has 3 nitrogen and oxygen atoms in total. The fourth-order valence-corrected chi connectivity index (χ4v) is 2.53. The first-order valence-corrected chi connectivity index (χ1v) is 7.47. The fourth-order valence-electron chi connectivity index (χ4n) is 2.53. The maximum atomic E-state index is 14.1. The van der Waals surface area contributed by atoms with E-state index in [9.17, 15) is 4.39 Å². The van der Waals surface area contributed by atoms with Crippen molar-refractivity contribution in [1.29, 1.82) is 0 Å². The Balaban J connectivity index is 2.05. The monoisotopic (exact) mass is 291 g/mol. The minimum atomic E-state index is -0.256. The normalized spacial score (nSPS) is 14.7. The highest BCUT2D eigenvalue weighted by molar-refractivity contribution is 5.37. The maximum Gasteiger partial charge on any atom is 0.128 e. The first-order valence-electron chi connectivity index (χ1n) is 7.47. The van der Waals surface area contributed by atoms with E-state index in [2.05, 4.69) is 16.7 Å². The molecule has 1 aromatic carbocycles. The number of aliphatic hydroxyl groups is 2. The summed E-state index contributed by atoms with van der Waals surface area (Å²) in [4.78, 5) is 2.26. The quantitative estimate of drug-likeness (QED) is 0.787. The SMILES string of the molecule is OCC#Cc1ccc(CN(CCCO)C2CCC2)c(F)c1. The van der Waals surface area contributed by atoms with Gasteiger partial charge in [-0.1, -0.05) is 24.3 Å². The van der Waals surface area contributed by atoms with Crippen LogP contribution in [0.5, 0.6) is 0 Å². The number of halogens is 1. The van der Waals surface area contributed by atoms with Gasteiger partial charge >= 0.3 is 0 Å². The summed E-state index contributed by atoms with van der Waals surface area (Å²) in [6, 6.07) is 5.49. The van der Waals surface area contributed by atoms with Gasteiger partial charge in [0.05, 0.1) is 0 Å². The number of hydrogen-bond donors (Lipinski definition) is 2. The van der Waals surface area contributed by atoms with E-state index in [1.807, 2.05) is 0 Å². The molecule has 0 radical (unpaired) electrons. The molecular weight excluding hydrogens is 269 g/mol. The molecule has 0 heterocycles. The van der Waals surface area contributed by atoms with Gasteiger partial charge in [0.1, 0.15) is 12.4 Å². The Morgan fingerprint density at radius 3 is 2.67 bits per heavy atom. The second kappa shape index (κ2) is 8.14. The first-order chi connectivity index (χ1) is 10.2. The number of aliphatic hydroxyl groups excluding tert-OH is 2. The van der Waals surface area contributed by atoms with Crippen LogP contribution in [0, 0.1) is 17.7 Å². The third kappa shape index (κ3) is 4.53. The number of hydrogen-bond acceptors (Lipinski definition) is 3. The van der Waals surface area contributed by atoms with E-state index >= 15 is 0 Å². The van der Waals surface area contributed by atoms with Crippen LogP contribution in [0.2, 0.25) is 0 Å². The van der Waals surface area contributed by atoms with Crippen LogP contribution in [0.15, 0.2) is 18.2 Å². The Labute approximate surface area is 125 Å². The van der Waals surface area contributed by atoms with Gasteiger partial charge in [-0.15, -0.1) is 0 Å². The second-order valence-electron chi connectivity index (χ2n) is 5.40. The molecule has 1 fully saturated rings. The standard InChI is InChI=1S/C17H22FNO2/c18-17-12-14(4-2-10-20)7-8-15(17)13-19(9-3-11-21)16-5-1-6-16/h7-8,12,16,20-21H,1,3,5-6,9-11,13H2. The third-order valence-corrected chi connectivity index (χ3v) is 3.93. The molecule has 2 N–H and O–H groups in total. The molecule has 1 aliphatic rings. The Kier molecular flexibility index (Phi) is 6.19. The van der Waals surface area contributed by atoms with E-state index in [0.717, 1.165) is 25.8 Å². The Hall–Kier alpha value is -1.41. The minimum absolute atomic E-state index is 0.168. The summed E-state index contributed by atoms with van der Waals surface area (Å²) in [6.07, 6.45) is 4.27. The molecule has 0 aromatic heterocycles. The Bertz CT molecular complexity index is 517. The van der Waals surface area contributed by atoms with E-state index in [1.165, 1.54) is 12.5 Å². The second-order valence-corrected chi connectivity index (χ2v) is 5.40. The molecule has 1 aromatic rings. The average Bonchev–Trinajstić information content (AvgIpc) is 2.43. The molecule has 2 rings (SSSR count). The Morgan fingerprint density at radius 2 is 2.10 bits per heavy atom. The number of nitrogens with zero attached hydrogens (tertiary/aromatic N) is 1. The highest BCUT2D eigenvalue weighted by Crippen LogP contribution is 2.27. The van der Waals surface area contributed by atoms with Crippen LogP contribution in [0.25, 0.3) is 0 Å². The summed E-state index contributed by atoms with van der Waals surface area (Å²) < 4.78 is 14.1. The zero-order chi connectivity index (χ0) is 15.1. The van der Waals surface area contributed by atoms with E-state index in [1.54, 1.807) is 12.1 Å². The van der Waals surface area contributed by atoms with Crippen molar-refractivity contribution in [3.05, 3.63) is 35.1 Å². The van der Waals surface area contributed by atoms with Gasteiger partial charge in [0, 0.05) is 36.9 Å². The van der Waals surface area contributed by atoms with Crippen molar-refractivity contribution in [3.8, 4) is 11.8 Å². The molecule has 0 aliphatic heterocycles. The van der Waals surface area contributed by atoms with Gasteiger partial charge in [0.25, 0.3) is 0 Å². The summed E-state index contributed by atoms with van der Waals surface area (Å²) >= 11 is 0. The molecule has 21 heavy (non-hydrogen) atoms. The molecule has 0 saturated heterocycles. The van der Waals surface area contributed by atoms with E-state index < -0.39 is 0 Å². The molecule has 0 unspecified atom stereocenters. The molecule has 114 valence electrons. The first kappa shape index (κ1) is 16.0. The molecule has 4 heteroatoms. The van der Waals surface area contributed by atoms with Crippen LogP contribution < -0.4 is 0 Å². The van der Waals surface area contributed by atoms with Crippen molar-refractivity contribution in [2.75, 3.05) is 19.8 Å². The highest BCUT2D eigenvalue weighted by atomic mass is 19.1. The summed E-state index contributed by atoms with van der Waals surface area (Å²) in [5.74, 6) is 4.97. The van der Waals surface area contributed by atoms with Gasteiger partial charge in [0.15, 0.2) is 0 Å². The zero-order valence-electron chi connectivity index (χ0n) is 12.2. The lowest BCUT2D eigenvalue weighted by molar-refractivity contribution is 0.108. The van der Waals surface area contributed by atoms with Gasteiger partial charge in [-0.2, -0.15) is 0 Å². The lowest BCUT2D eigenvalue weighted by Gasteiger charge is -2.37. The predicted octanol–water partition coefficient (Wildman–Crippen LogP) is 1.91. The van der Waals surface area contributed by atoms with Crippen LogP contribution in [-0.2, 0) is 6.54 Å². The maximum absolute atomic E-state index is 14.1. The zero-order valence-corrected chi connectivity index (χ0v) is 12.2. The largest absolute Gasteiger partial charge is 0.396 e. The lowest BCUT2D eigenvalue weighted by Crippen LogP contribution is -2.40. The Morgan fingerprint density at radius 1 is 1.29 bits per heavy atom. The summed E-state index contributed by atoms with van der Waals surface area (Å²) in [7, 11) is 0. The van der Waals surface area contributed by atoms with Gasteiger partial charge < -0.3 is 10.2 Å². The third-order valence-electron chi connectivity index (χ3n) is 3.93. The summed E-state index contributed by atoms with van der Waals surface area (Å²) in [5, 5.41) is 17.6. The molecule has 0 amide bonds. The van der Waals surface area contributed by atoms with Crippen molar-refractivity contribution in [3.63, 3.8) is 0 Å². The van der Waals surface area contributed by atoms with Crippen LogP contribution in [0.4, 0.5) is 4.39 Å². The lowest BCUT2D eigenvalue weighted by atomic mass is 9.91. The van der Waals surface area contributed by atoms with Gasteiger partial charge in [-0.3, -0.25) is 4.90 Å². The van der Waals surface area contributed by atoms with Crippen molar-refractivity contribution < 1.29 is 14.6 Å². The average molecular weight is 291 g/mol. The fraction of sp³-hybridized carbons (Fsp3) is 0.529. The minimum Gasteiger partial charge on any atom is -0.396 e. The molecule has 1 saturated carbocycles. The van der Waals surface area contributed by atoms with Gasteiger partial charge in [0.2, 0.25) is 0 Å². The van der Waals surface area contributed by atoms with Crippen LogP contribution >= 0.6 is 0 Å².